The number of ether oxygens (including phenoxy) is 1. The van der Waals surface area contributed by atoms with E-state index in [2.05, 4.69) is 55.3 Å². The van der Waals surface area contributed by atoms with Gasteiger partial charge >= 0.3 is 6.03 Å². The molecule has 1 aromatic rings. The average Bonchev–Trinajstić information content (AvgIpc) is 3.12. The number of amides is 2. The molecule has 5 nitrogen and oxygen atoms in total. The van der Waals surface area contributed by atoms with Gasteiger partial charge in [-0.25, -0.2) is 4.79 Å². The van der Waals surface area contributed by atoms with Crippen molar-refractivity contribution in [1.29, 1.82) is 0 Å². The third-order valence-corrected chi connectivity index (χ3v) is 7.05. The van der Waals surface area contributed by atoms with Gasteiger partial charge in [0.05, 0.1) is 6.61 Å². The zero-order valence-corrected chi connectivity index (χ0v) is 18.4. The van der Waals surface area contributed by atoms with Crippen LogP contribution >= 0.6 is 0 Å². The van der Waals surface area contributed by atoms with Crippen molar-refractivity contribution in [3.05, 3.63) is 29.8 Å². The quantitative estimate of drug-likeness (QED) is 0.812. The minimum absolute atomic E-state index is 0.125. The summed E-state index contributed by atoms with van der Waals surface area (Å²) in [7, 11) is 0. The molecule has 3 fully saturated rings. The summed E-state index contributed by atoms with van der Waals surface area (Å²) in [5.74, 6) is 0. The minimum Gasteiger partial charge on any atom is -0.381 e. The summed E-state index contributed by atoms with van der Waals surface area (Å²) in [6.07, 6.45) is 5.43. The molecule has 3 aliphatic rings. The van der Waals surface area contributed by atoms with Crippen LogP contribution in [0.1, 0.15) is 58.4 Å². The lowest BCUT2D eigenvalue weighted by Crippen LogP contribution is -2.49. The fourth-order valence-corrected chi connectivity index (χ4v) is 5.06. The number of carbonyl (C=O) groups excluding carboxylic acids is 1. The van der Waals surface area contributed by atoms with Crippen molar-refractivity contribution in [1.82, 2.24) is 10.2 Å². The second-order valence-corrected chi connectivity index (χ2v) is 10.3. The van der Waals surface area contributed by atoms with Crippen LogP contribution in [-0.2, 0) is 10.2 Å². The monoisotopic (exact) mass is 399 g/mol. The normalized spacial score (nSPS) is 26.2. The molecule has 5 heteroatoms. The lowest BCUT2D eigenvalue weighted by Gasteiger charge is -2.35. The Morgan fingerprint density at radius 2 is 1.83 bits per heavy atom. The maximum atomic E-state index is 12.8. The SMILES string of the molecule is CC(C)(C)c1ccc(N2CCC(NC(=O)N3CCC4(CCCOC4)C3)CC2)cc1. The predicted octanol–water partition coefficient (Wildman–Crippen LogP) is 4.17. The zero-order valence-electron chi connectivity index (χ0n) is 18.4. The highest BCUT2D eigenvalue weighted by Gasteiger charge is 2.41. The van der Waals surface area contributed by atoms with Crippen molar-refractivity contribution >= 4 is 11.7 Å². The van der Waals surface area contributed by atoms with Gasteiger partial charge in [0.2, 0.25) is 0 Å². The van der Waals surface area contributed by atoms with E-state index >= 15 is 0 Å². The molecule has 160 valence electrons. The number of hydrogen-bond acceptors (Lipinski definition) is 3. The first-order valence-electron chi connectivity index (χ1n) is 11.3. The Morgan fingerprint density at radius 1 is 1.10 bits per heavy atom. The molecule has 0 aromatic heterocycles. The van der Waals surface area contributed by atoms with Gasteiger partial charge in [-0.2, -0.15) is 0 Å². The van der Waals surface area contributed by atoms with Gasteiger partial charge in [0.1, 0.15) is 0 Å². The molecule has 0 radical (unpaired) electrons. The van der Waals surface area contributed by atoms with Crippen LogP contribution in [0.3, 0.4) is 0 Å². The smallest absolute Gasteiger partial charge is 0.317 e. The van der Waals surface area contributed by atoms with Gasteiger partial charge in [-0.3, -0.25) is 0 Å². The molecule has 1 spiro atoms. The highest BCUT2D eigenvalue weighted by Crippen LogP contribution is 2.38. The molecule has 1 atom stereocenters. The predicted molar refractivity (Wildman–Crippen MR) is 118 cm³/mol. The standard InChI is InChI=1S/C24H37N3O2/c1-23(2,3)19-5-7-21(8-6-19)26-13-9-20(10-14-26)25-22(28)27-15-12-24(17-27)11-4-16-29-18-24/h5-8,20H,4,9-18H2,1-3H3,(H,25,28). The van der Waals surface area contributed by atoms with E-state index in [1.165, 1.54) is 17.7 Å². The van der Waals surface area contributed by atoms with Crippen molar-refractivity contribution in [2.45, 2.75) is 64.3 Å². The molecular formula is C24H37N3O2. The van der Waals surface area contributed by atoms with Crippen molar-refractivity contribution in [3.63, 3.8) is 0 Å². The summed E-state index contributed by atoms with van der Waals surface area (Å²) in [6.45, 7) is 12.2. The van der Waals surface area contributed by atoms with Gasteiger partial charge in [-0.1, -0.05) is 32.9 Å². The van der Waals surface area contributed by atoms with E-state index in [1.807, 2.05) is 4.90 Å². The number of piperidine rings is 1. The van der Waals surface area contributed by atoms with Crippen molar-refractivity contribution in [2.75, 3.05) is 44.3 Å². The summed E-state index contributed by atoms with van der Waals surface area (Å²) in [4.78, 5) is 17.2. The molecule has 0 saturated carbocycles. The Hall–Kier alpha value is -1.75. The lowest BCUT2D eigenvalue weighted by atomic mass is 9.82. The first kappa shape index (κ1) is 20.5. The van der Waals surface area contributed by atoms with E-state index in [1.54, 1.807) is 0 Å². The fourth-order valence-electron chi connectivity index (χ4n) is 5.06. The largest absolute Gasteiger partial charge is 0.381 e. The Morgan fingerprint density at radius 3 is 2.45 bits per heavy atom. The van der Waals surface area contributed by atoms with Crippen molar-refractivity contribution in [2.24, 2.45) is 5.41 Å². The highest BCUT2D eigenvalue weighted by molar-refractivity contribution is 5.75. The molecular weight excluding hydrogens is 362 g/mol. The van der Waals surface area contributed by atoms with Crippen LogP contribution in [0.15, 0.2) is 24.3 Å². The van der Waals surface area contributed by atoms with Crippen LogP contribution in [-0.4, -0.2) is 56.4 Å². The van der Waals surface area contributed by atoms with Crippen LogP contribution in [0.25, 0.3) is 0 Å². The number of carbonyl (C=O) groups is 1. The Labute approximate surface area is 175 Å². The number of nitrogens with one attached hydrogen (secondary N) is 1. The van der Waals surface area contributed by atoms with Gasteiger partial charge < -0.3 is 19.9 Å². The second kappa shape index (κ2) is 8.17. The molecule has 1 unspecified atom stereocenters. The Kier molecular flexibility index (Phi) is 5.78. The number of rotatable bonds is 2. The minimum atomic E-state index is 0.125. The molecule has 4 rings (SSSR count). The van der Waals surface area contributed by atoms with Crippen LogP contribution in [0, 0.1) is 5.41 Å². The number of nitrogens with zero attached hydrogens (tertiary/aromatic N) is 2. The van der Waals surface area contributed by atoms with Crippen molar-refractivity contribution in [3.8, 4) is 0 Å². The van der Waals surface area contributed by atoms with Gasteiger partial charge in [0.15, 0.2) is 0 Å². The summed E-state index contributed by atoms with van der Waals surface area (Å²) in [6, 6.07) is 9.40. The van der Waals surface area contributed by atoms with Gasteiger partial charge in [0.25, 0.3) is 0 Å². The van der Waals surface area contributed by atoms with Crippen LogP contribution in [0.4, 0.5) is 10.5 Å². The molecule has 0 aliphatic carbocycles. The van der Waals surface area contributed by atoms with E-state index in [0.29, 0.717) is 0 Å². The van der Waals surface area contributed by atoms with Crippen LogP contribution in [0.5, 0.6) is 0 Å². The number of anilines is 1. The molecule has 2 amide bonds. The number of urea groups is 1. The highest BCUT2D eigenvalue weighted by atomic mass is 16.5. The van der Waals surface area contributed by atoms with Gasteiger partial charge in [-0.15, -0.1) is 0 Å². The van der Waals surface area contributed by atoms with E-state index in [-0.39, 0.29) is 22.9 Å². The lowest BCUT2D eigenvalue weighted by molar-refractivity contribution is -0.000486. The number of likely N-dealkylation sites (tertiary alicyclic amines) is 1. The molecule has 1 N–H and O–H groups in total. The van der Waals surface area contributed by atoms with Crippen molar-refractivity contribution < 1.29 is 9.53 Å². The second-order valence-electron chi connectivity index (χ2n) is 10.3. The van der Waals surface area contributed by atoms with Gasteiger partial charge in [0, 0.05) is 49.9 Å². The van der Waals surface area contributed by atoms with E-state index in [0.717, 1.165) is 65.1 Å². The van der Waals surface area contributed by atoms with E-state index in [4.69, 9.17) is 4.74 Å². The zero-order chi connectivity index (χ0) is 20.5. The fraction of sp³-hybridized carbons (Fsp3) is 0.708. The maximum absolute atomic E-state index is 12.8. The third kappa shape index (κ3) is 4.71. The summed E-state index contributed by atoms with van der Waals surface area (Å²) in [5, 5.41) is 3.30. The maximum Gasteiger partial charge on any atom is 0.317 e. The van der Waals surface area contributed by atoms with E-state index < -0.39 is 0 Å². The van der Waals surface area contributed by atoms with Crippen LogP contribution < -0.4 is 10.2 Å². The summed E-state index contributed by atoms with van der Waals surface area (Å²) < 4.78 is 5.70. The first-order valence-corrected chi connectivity index (χ1v) is 11.3. The molecule has 3 heterocycles. The molecule has 3 saturated heterocycles. The molecule has 29 heavy (non-hydrogen) atoms. The molecule has 0 bridgehead atoms. The topological polar surface area (TPSA) is 44.8 Å². The summed E-state index contributed by atoms with van der Waals surface area (Å²) >= 11 is 0. The summed E-state index contributed by atoms with van der Waals surface area (Å²) in [5.41, 5.74) is 3.07. The Balaban J connectivity index is 1.25. The Bertz CT molecular complexity index is 696. The average molecular weight is 400 g/mol. The van der Waals surface area contributed by atoms with Gasteiger partial charge in [-0.05, 0) is 55.2 Å². The molecule has 1 aromatic carbocycles. The van der Waals surface area contributed by atoms with Crippen LogP contribution in [0.2, 0.25) is 0 Å². The van der Waals surface area contributed by atoms with E-state index in [9.17, 15) is 4.79 Å². The number of benzene rings is 1. The first-order chi connectivity index (χ1) is 13.8. The third-order valence-electron chi connectivity index (χ3n) is 7.05. The number of hydrogen-bond donors (Lipinski definition) is 1. The molecule has 3 aliphatic heterocycles.